The topological polar surface area (TPSA) is 31.4 Å². The summed E-state index contributed by atoms with van der Waals surface area (Å²) < 4.78 is 32.8. The zero-order chi connectivity index (χ0) is 8.77. The van der Waals surface area contributed by atoms with E-state index in [1.54, 1.807) is 0 Å². The van der Waals surface area contributed by atoms with Crippen LogP contribution in [0.2, 0.25) is 5.02 Å². The lowest BCUT2D eigenvalue weighted by molar-refractivity contribution is -0.287. The molecule has 0 aromatic carbocycles. The molecule has 0 N–H and O–H groups in total. The molecule has 3 nitrogen and oxygen atoms in total. The summed E-state index contributed by atoms with van der Waals surface area (Å²) in [6, 6.07) is 1.21. The van der Waals surface area contributed by atoms with Gasteiger partial charge in [-0.05, 0) is 0 Å². The average Bonchev–Trinajstić information content (AvgIpc) is 2.21. The zero-order valence-corrected chi connectivity index (χ0v) is 6.31. The van der Waals surface area contributed by atoms with Gasteiger partial charge in [-0.2, -0.15) is 0 Å². The standard InChI is InChI=1S/C6H2ClF2NO2/c7-3-1-4-5(10-2-3)12-6(8,9)11-4/h1-2H. The maximum atomic E-state index is 12.3. The van der Waals surface area contributed by atoms with E-state index in [1.165, 1.54) is 12.3 Å². The van der Waals surface area contributed by atoms with E-state index in [-0.39, 0.29) is 16.7 Å². The van der Waals surface area contributed by atoms with Crippen LogP contribution in [0.5, 0.6) is 11.6 Å². The van der Waals surface area contributed by atoms with Crippen LogP contribution in [0.1, 0.15) is 0 Å². The number of hydrogen-bond acceptors (Lipinski definition) is 3. The van der Waals surface area contributed by atoms with E-state index in [4.69, 9.17) is 11.6 Å². The molecule has 0 radical (unpaired) electrons. The second kappa shape index (κ2) is 2.20. The van der Waals surface area contributed by atoms with Crippen molar-refractivity contribution in [2.75, 3.05) is 0 Å². The van der Waals surface area contributed by atoms with Crippen LogP contribution in [0.4, 0.5) is 8.78 Å². The zero-order valence-electron chi connectivity index (χ0n) is 5.55. The highest BCUT2D eigenvalue weighted by molar-refractivity contribution is 6.30. The highest BCUT2D eigenvalue weighted by Gasteiger charge is 2.44. The van der Waals surface area contributed by atoms with Crippen molar-refractivity contribution >= 4 is 11.6 Å². The molecule has 0 amide bonds. The predicted molar refractivity (Wildman–Crippen MR) is 35.5 cm³/mol. The number of pyridine rings is 1. The first-order valence-corrected chi connectivity index (χ1v) is 3.36. The number of alkyl halides is 2. The Hall–Kier alpha value is -1.10. The first kappa shape index (κ1) is 7.54. The van der Waals surface area contributed by atoms with Gasteiger partial charge < -0.3 is 9.47 Å². The number of halogens is 3. The van der Waals surface area contributed by atoms with Crippen molar-refractivity contribution in [2.24, 2.45) is 0 Å². The van der Waals surface area contributed by atoms with Crippen LogP contribution in [0.25, 0.3) is 0 Å². The van der Waals surface area contributed by atoms with Crippen molar-refractivity contribution in [3.63, 3.8) is 0 Å². The van der Waals surface area contributed by atoms with Gasteiger partial charge in [-0.3, -0.25) is 0 Å². The minimum absolute atomic E-state index is 0.146. The van der Waals surface area contributed by atoms with Gasteiger partial charge in [-0.15, -0.1) is 8.78 Å². The van der Waals surface area contributed by atoms with Gasteiger partial charge in [0.2, 0.25) is 0 Å². The van der Waals surface area contributed by atoms with E-state index in [1.807, 2.05) is 0 Å². The smallest absolute Gasteiger partial charge is 0.393 e. The van der Waals surface area contributed by atoms with Gasteiger partial charge in [0.25, 0.3) is 5.88 Å². The van der Waals surface area contributed by atoms with E-state index in [0.29, 0.717) is 0 Å². The summed E-state index contributed by atoms with van der Waals surface area (Å²) in [4.78, 5) is 3.50. The molecule has 6 heteroatoms. The Kier molecular flexibility index (Phi) is 1.38. The monoisotopic (exact) mass is 193 g/mol. The molecule has 1 aromatic rings. The van der Waals surface area contributed by atoms with Crippen LogP contribution < -0.4 is 9.47 Å². The van der Waals surface area contributed by atoms with E-state index < -0.39 is 6.29 Å². The first-order chi connectivity index (χ1) is 5.57. The second-order valence-electron chi connectivity index (χ2n) is 2.12. The van der Waals surface area contributed by atoms with Crippen molar-refractivity contribution in [3.05, 3.63) is 17.3 Å². The average molecular weight is 194 g/mol. The molecule has 0 saturated heterocycles. The molecule has 1 aliphatic heterocycles. The maximum Gasteiger partial charge on any atom is 0.587 e. The Labute approximate surface area is 70.9 Å². The lowest BCUT2D eigenvalue weighted by Gasteiger charge is -2.03. The molecule has 0 aliphatic carbocycles. The third-order valence-corrected chi connectivity index (χ3v) is 1.44. The van der Waals surface area contributed by atoms with Crippen LogP contribution in [-0.2, 0) is 0 Å². The van der Waals surface area contributed by atoms with Crippen molar-refractivity contribution in [1.82, 2.24) is 4.98 Å². The Morgan fingerprint density at radius 1 is 1.42 bits per heavy atom. The molecule has 0 fully saturated rings. The minimum atomic E-state index is -3.62. The van der Waals surface area contributed by atoms with E-state index in [9.17, 15) is 8.78 Å². The largest absolute Gasteiger partial charge is 0.587 e. The number of ether oxygens (including phenoxy) is 2. The normalized spacial score (nSPS) is 17.9. The highest BCUT2D eigenvalue weighted by atomic mass is 35.5. The molecule has 1 aliphatic rings. The van der Waals surface area contributed by atoms with Crippen molar-refractivity contribution < 1.29 is 18.3 Å². The number of nitrogens with zero attached hydrogens (tertiary/aromatic N) is 1. The molecule has 0 unspecified atom stereocenters. The highest BCUT2D eigenvalue weighted by Crippen LogP contribution is 2.39. The summed E-state index contributed by atoms with van der Waals surface area (Å²) in [6.07, 6.45) is -2.43. The number of hydrogen-bond donors (Lipinski definition) is 0. The molecule has 0 atom stereocenters. The molecule has 64 valence electrons. The molecule has 0 saturated carbocycles. The quantitative estimate of drug-likeness (QED) is 0.632. The van der Waals surface area contributed by atoms with Crippen LogP contribution in [0.15, 0.2) is 12.3 Å². The van der Waals surface area contributed by atoms with E-state index in [2.05, 4.69) is 14.5 Å². The fourth-order valence-corrected chi connectivity index (χ4v) is 0.967. The van der Waals surface area contributed by atoms with Gasteiger partial charge in [0.1, 0.15) is 0 Å². The molecule has 2 rings (SSSR count). The molecular formula is C6H2ClF2NO2. The summed E-state index contributed by atoms with van der Waals surface area (Å²) in [5, 5.41) is 0.218. The fraction of sp³-hybridized carbons (Fsp3) is 0.167. The summed E-state index contributed by atoms with van der Waals surface area (Å²) in [5.41, 5.74) is 0. The number of fused-ring (bicyclic) bond motifs is 1. The first-order valence-electron chi connectivity index (χ1n) is 2.98. The molecule has 0 spiro atoms. The molecule has 0 bridgehead atoms. The Morgan fingerprint density at radius 3 is 2.92 bits per heavy atom. The van der Waals surface area contributed by atoms with Gasteiger partial charge in [0.15, 0.2) is 5.75 Å². The van der Waals surface area contributed by atoms with Crippen LogP contribution in [-0.4, -0.2) is 11.3 Å². The second-order valence-corrected chi connectivity index (χ2v) is 2.56. The minimum Gasteiger partial charge on any atom is -0.393 e. The van der Waals surface area contributed by atoms with E-state index in [0.717, 1.165) is 0 Å². The van der Waals surface area contributed by atoms with Gasteiger partial charge in [-0.1, -0.05) is 11.6 Å². The number of rotatable bonds is 0. The van der Waals surface area contributed by atoms with Gasteiger partial charge >= 0.3 is 6.29 Å². The van der Waals surface area contributed by atoms with Crippen LogP contribution in [0, 0.1) is 0 Å². The third-order valence-electron chi connectivity index (χ3n) is 1.23. The lowest BCUT2D eigenvalue weighted by atomic mass is 10.4. The molecule has 12 heavy (non-hydrogen) atoms. The van der Waals surface area contributed by atoms with E-state index >= 15 is 0 Å². The Bertz CT molecular complexity index is 331. The van der Waals surface area contributed by atoms with Crippen molar-refractivity contribution in [1.29, 1.82) is 0 Å². The number of aromatic nitrogens is 1. The molecular weight excluding hydrogens is 192 g/mol. The van der Waals surface area contributed by atoms with Crippen LogP contribution >= 0.6 is 11.6 Å². The van der Waals surface area contributed by atoms with Gasteiger partial charge in [0, 0.05) is 12.3 Å². The third kappa shape index (κ3) is 1.16. The molecule has 1 aromatic heterocycles. The maximum absolute atomic E-state index is 12.3. The van der Waals surface area contributed by atoms with Gasteiger partial charge in [0.05, 0.1) is 5.02 Å². The van der Waals surface area contributed by atoms with Crippen molar-refractivity contribution in [3.8, 4) is 11.6 Å². The van der Waals surface area contributed by atoms with Gasteiger partial charge in [-0.25, -0.2) is 4.98 Å². The Morgan fingerprint density at radius 2 is 2.17 bits per heavy atom. The summed E-state index contributed by atoms with van der Waals surface area (Å²) >= 11 is 5.47. The lowest BCUT2D eigenvalue weighted by Crippen LogP contribution is -2.26. The predicted octanol–water partition coefficient (Wildman–Crippen LogP) is 2.06. The SMILES string of the molecule is FC1(F)Oc2cc(Cl)cnc2O1. The summed E-state index contributed by atoms with van der Waals surface area (Å²) in [5.74, 6) is -0.392. The van der Waals surface area contributed by atoms with Crippen LogP contribution in [0.3, 0.4) is 0 Å². The molecule has 2 heterocycles. The summed E-state index contributed by atoms with van der Waals surface area (Å²) in [7, 11) is 0. The van der Waals surface area contributed by atoms with Crippen molar-refractivity contribution in [2.45, 2.75) is 6.29 Å². The fourth-order valence-electron chi connectivity index (χ4n) is 0.819. The summed E-state index contributed by atoms with van der Waals surface area (Å²) in [6.45, 7) is 0. The Balaban J connectivity index is 2.43.